The molecule has 24 heavy (non-hydrogen) atoms. The standard InChI is InChI=1S/C18H17N3O2S/c22-9-3-10-18-4-8(9)21-2-1-7-6-19-14-12(7)16(21)13(18)15(17(14)23)20-11(5-18)24-10/h6,8,10-11,19-20,23H,1-5H2. The summed E-state index contributed by atoms with van der Waals surface area (Å²) in [6.07, 6.45) is 5.69. The molecule has 2 fully saturated rings. The van der Waals surface area contributed by atoms with Crippen LogP contribution in [-0.2, 0) is 16.6 Å². The fourth-order valence-electron chi connectivity index (χ4n) is 6.15. The van der Waals surface area contributed by atoms with E-state index < -0.39 is 0 Å². The summed E-state index contributed by atoms with van der Waals surface area (Å²) >= 11 is 1.91. The van der Waals surface area contributed by atoms with Crippen molar-refractivity contribution in [2.75, 3.05) is 16.8 Å². The minimum absolute atomic E-state index is 0.0369. The monoisotopic (exact) mass is 339 g/mol. The first kappa shape index (κ1) is 12.5. The molecule has 3 bridgehead atoms. The third kappa shape index (κ3) is 1.10. The second kappa shape index (κ2) is 3.57. The molecule has 4 unspecified atom stereocenters. The van der Waals surface area contributed by atoms with E-state index in [-0.39, 0.29) is 11.5 Å². The fraction of sp³-hybridized carbons (Fsp3) is 0.500. The van der Waals surface area contributed by atoms with Crippen molar-refractivity contribution in [1.29, 1.82) is 0 Å². The van der Waals surface area contributed by atoms with Crippen LogP contribution in [0.3, 0.4) is 0 Å². The molecule has 1 saturated heterocycles. The molecule has 2 aromatic rings. The van der Waals surface area contributed by atoms with Crippen LogP contribution in [0.15, 0.2) is 6.20 Å². The van der Waals surface area contributed by atoms with Crippen molar-refractivity contribution in [3.8, 4) is 5.75 Å². The van der Waals surface area contributed by atoms with E-state index >= 15 is 0 Å². The van der Waals surface area contributed by atoms with Gasteiger partial charge in [-0.25, -0.2) is 0 Å². The van der Waals surface area contributed by atoms with Gasteiger partial charge in [-0.1, -0.05) is 0 Å². The van der Waals surface area contributed by atoms with E-state index in [0.29, 0.717) is 28.6 Å². The number of H-pyrrole nitrogens is 1. The smallest absolute Gasteiger partial charge is 0.163 e. The molecular formula is C18H17N3O2S. The van der Waals surface area contributed by atoms with Crippen LogP contribution in [0.5, 0.6) is 5.75 Å². The number of aromatic amines is 1. The quantitative estimate of drug-likeness (QED) is 0.644. The van der Waals surface area contributed by atoms with E-state index in [1.165, 1.54) is 16.8 Å². The fourth-order valence-corrected chi connectivity index (χ4v) is 7.96. The zero-order chi connectivity index (χ0) is 15.8. The normalized spacial score (nSPS) is 37.2. The van der Waals surface area contributed by atoms with Crippen LogP contribution in [-0.4, -0.2) is 39.1 Å². The summed E-state index contributed by atoms with van der Waals surface area (Å²) in [7, 11) is 0. The van der Waals surface area contributed by atoms with Gasteiger partial charge in [-0.15, -0.1) is 11.8 Å². The number of ketones is 1. The molecule has 0 radical (unpaired) electrons. The number of fused-ring (bicyclic) bond motifs is 3. The summed E-state index contributed by atoms with van der Waals surface area (Å²) in [5.74, 6) is 0.788. The average molecular weight is 339 g/mol. The topological polar surface area (TPSA) is 68.4 Å². The number of nitrogens with zero attached hydrogens (tertiary/aromatic N) is 1. The molecule has 0 amide bonds. The number of rotatable bonds is 0. The first-order valence-electron chi connectivity index (χ1n) is 8.78. The molecule has 122 valence electrons. The van der Waals surface area contributed by atoms with E-state index in [9.17, 15) is 9.90 Å². The van der Waals surface area contributed by atoms with Crippen molar-refractivity contribution in [3.05, 3.63) is 17.3 Å². The minimum Gasteiger partial charge on any atom is -0.504 e. The van der Waals surface area contributed by atoms with Crippen LogP contribution in [0.25, 0.3) is 10.9 Å². The number of anilines is 2. The molecule has 7 rings (SSSR count). The van der Waals surface area contributed by atoms with Gasteiger partial charge in [0, 0.05) is 40.8 Å². The highest BCUT2D eigenvalue weighted by Crippen LogP contribution is 2.67. The van der Waals surface area contributed by atoms with Gasteiger partial charge >= 0.3 is 0 Å². The minimum atomic E-state index is 0.0369. The van der Waals surface area contributed by atoms with Crippen molar-refractivity contribution in [2.24, 2.45) is 0 Å². The molecule has 5 heterocycles. The first-order chi connectivity index (χ1) is 11.7. The van der Waals surface area contributed by atoms with Gasteiger partial charge in [0.15, 0.2) is 11.5 Å². The highest BCUT2D eigenvalue weighted by Gasteiger charge is 2.63. The predicted molar refractivity (Wildman–Crippen MR) is 94.1 cm³/mol. The highest BCUT2D eigenvalue weighted by molar-refractivity contribution is 8.01. The van der Waals surface area contributed by atoms with Gasteiger partial charge in [0.25, 0.3) is 0 Å². The van der Waals surface area contributed by atoms with Gasteiger partial charge in [-0.2, -0.15) is 0 Å². The number of phenolic OH excluding ortho intramolecular Hbond substituents is 1. The lowest BCUT2D eigenvalue weighted by Gasteiger charge is -2.54. The van der Waals surface area contributed by atoms with Crippen molar-refractivity contribution in [3.63, 3.8) is 0 Å². The van der Waals surface area contributed by atoms with Crippen molar-refractivity contribution in [1.82, 2.24) is 4.98 Å². The Labute approximate surface area is 142 Å². The number of Topliss-reactive ketones (excluding diaryl/α,β-unsaturated/α-hetero) is 1. The molecule has 1 aliphatic carbocycles. The average Bonchev–Trinajstić information content (AvgIpc) is 3.11. The number of hydrogen-bond acceptors (Lipinski definition) is 5. The van der Waals surface area contributed by atoms with Crippen LogP contribution >= 0.6 is 11.8 Å². The number of nitrogens with one attached hydrogen (secondary N) is 2. The van der Waals surface area contributed by atoms with Gasteiger partial charge in [-0.05, 0) is 24.8 Å². The third-order valence-electron chi connectivity index (χ3n) is 7.06. The van der Waals surface area contributed by atoms with Crippen molar-refractivity contribution >= 4 is 39.8 Å². The van der Waals surface area contributed by atoms with E-state index in [1.54, 1.807) is 0 Å². The molecule has 3 N–H and O–H groups in total. The molecule has 6 heteroatoms. The Morgan fingerprint density at radius 3 is 3.21 bits per heavy atom. The number of carbonyl (C=O) groups is 1. The molecule has 4 atom stereocenters. The zero-order valence-corrected chi connectivity index (χ0v) is 13.9. The number of phenols is 1. The van der Waals surface area contributed by atoms with E-state index in [1.807, 2.05) is 18.0 Å². The number of aromatic nitrogens is 1. The van der Waals surface area contributed by atoms with Gasteiger partial charge in [0.05, 0.1) is 28.3 Å². The summed E-state index contributed by atoms with van der Waals surface area (Å²) in [5, 5.41) is 16.4. The maximum absolute atomic E-state index is 12.9. The van der Waals surface area contributed by atoms with E-state index in [2.05, 4.69) is 15.2 Å². The number of thioether (sulfide) groups is 1. The summed E-state index contributed by atoms with van der Waals surface area (Å²) in [5.41, 5.74) is 5.66. The Hall–Kier alpha value is -1.82. The van der Waals surface area contributed by atoms with Crippen LogP contribution < -0.4 is 10.2 Å². The van der Waals surface area contributed by atoms with Crippen LogP contribution in [0.4, 0.5) is 11.4 Å². The molecule has 1 aromatic heterocycles. The van der Waals surface area contributed by atoms with Gasteiger partial charge in [0.1, 0.15) is 0 Å². The van der Waals surface area contributed by atoms with Gasteiger partial charge in [0.2, 0.25) is 0 Å². The SMILES string of the molecule is O=C1CC2SC3CC24CC1N1CCc2c[nH]c5c(O)c(c4c1c25)N3. The van der Waals surface area contributed by atoms with Crippen LogP contribution in [0, 0.1) is 0 Å². The Kier molecular flexibility index (Phi) is 1.86. The molecular weight excluding hydrogens is 322 g/mol. The third-order valence-corrected chi connectivity index (χ3v) is 8.62. The predicted octanol–water partition coefficient (Wildman–Crippen LogP) is 2.48. The number of hydrogen-bond donors (Lipinski definition) is 3. The van der Waals surface area contributed by atoms with Crippen molar-refractivity contribution in [2.45, 2.75) is 47.8 Å². The maximum atomic E-state index is 12.9. The van der Waals surface area contributed by atoms with Crippen LogP contribution in [0.1, 0.15) is 30.4 Å². The number of benzene rings is 1. The second-order valence-corrected chi connectivity index (χ2v) is 9.37. The second-order valence-electron chi connectivity index (χ2n) is 7.96. The Morgan fingerprint density at radius 1 is 1.38 bits per heavy atom. The number of carbonyl (C=O) groups excluding carboxylic acids is 1. The Morgan fingerprint density at radius 2 is 2.29 bits per heavy atom. The summed E-state index contributed by atoms with van der Waals surface area (Å²) in [4.78, 5) is 18.5. The largest absolute Gasteiger partial charge is 0.504 e. The molecule has 4 aliphatic heterocycles. The Balaban J connectivity index is 1.72. The van der Waals surface area contributed by atoms with Crippen LogP contribution in [0.2, 0.25) is 0 Å². The zero-order valence-electron chi connectivity index (χ0n) is 13.1. The summed E-state index contributed by atoms with van der Waals surface area (Å²) in [6.45, 7) is 0.908. The van der Waals surface area contributed by atoms with E-state index in [4.69, 9.17) is 0 Å². The van der Waals surface area contributed by atoms with Gasteiger partial charge in [-0.3, -0.25) is 4.79 Å². The molecule has 5 nitrogen and oxygen atoms in total. The number of aromatic hydroxyl groups is 1. The molecule has 1 spiro atoms. The lowest BCUT2D eigenvalue weighted by molar-refractivity contribution is -0.123. The van der Waals surface area contributed by atoms with Crippen molar-refractivity contribution < 1.29 is 9.90 Å². The first-order valence-corrected chi connectivity index (χ1v) is 9.72. The highest BCUT2D eigenvalue weighted by atomic mass is 32.2. The molecule has 1 saturated carbocycles. The van der Waals surface area contributed by atoms with E-state index in [0.717, 1.165) is 42.4 Å². The van der Waals surface area contributed by atoms with Gasteiger partial charge < -0.3 is 20.3 Å². The maximum Gasteiger partial charge on any atom is 0.163 e. The summed E-state index contributed by atoms with van der Waals surface area (Å²) < 4.78 is 0. The molecule has 1 aromatic carbocycles. The lowest BCUT2D eigenvalue weighted by atomic mass is 9.60. The Bertz CT molecular complexity index is 983. The summed E-state index contributed by atoms with van der Waals surface area (Å²) in [6, 6.07) is 0.0369. The molecule has 5 aliphatic rings. The lowest BCUT2D eigenvalue weighted by Crippen LogP contribution is -2.59.